The first-order chi connectivity index (χ1) is 5.52. The number of pyridine rings is 1. The molecular formula is C7H6F3NO. The molecule has 0 unspecified atom stereocenters. The van der Waals surface area contributed by atoms with Crippen molar-refractivity contribution in [1.82, 2.24) is 4.98 Å². The summed E-state index contributed by atoms with van der Waals surface area (Å²) in [6.07, 6.45) is -4.74. The summed E-state index contributed by atoms with van der Waals surface area (Å²) < 4.78 is 35.6. The van der Waals surface area contributed by atoms with Gasteiger partial charge in [0.2, 0.25) is 0 Å². The Morgan fingerprint density at radius 3 is 2.50 bits per heavy atom. The average molecular weight is 177 g/mol. The Morgan fingerprint density at radius 1 is 1.42 bits per heavy atom. The van der Waals surface area contributed by atoms with E-state index in [1.165, 1.54) is 18.3 Å². The van der Waals surface area contributed by atoms with Crippen molar-refractivity contribution in [3.8, 4) is 0 Å². The molecule has 0 amide bonds. The van der Waals surface area contributed by atoms with Gasteiger partial charge < -0.3 is 5.11 Å². The first-order valence-corrected chi connectivity index (χ1v) is 3.16. The van der Waals surface area contributed by atoms with Crippen molar-refractivity contribution in [2.24, 2.45) is 0 Å². The van der Waals surface area contributed by atoms with E-state index in [1.54, 1.807) is 0 Å². The van der Waals surface area contributed by atoms with Crippen LogP contribution in [-0.2, 0) is 0 Å². The Hall–Kier alpha value is -1.10. The lowest BCUT2D eigenvalue weighted by Crippen LogP contribution is -2.20. The molecule has 0 fully saturated rings. The monoisotopic (exact) mass is 177 g/mol. The van der Waals surface area contributed by atoms with E-state index in [1.807, 2.05) is 0 Å². The summed E-state index contributed by atoms with van der Waals surface area (Å²) in [5, 5.41) is 8.69. The third-order valence-electron chi connectivity index (χ3n) is 1.31. The number of aromatic nitrogens is 1. The molecule has 0 aromatic carbocycles. The Morgan fingerprint density at radius 2 is 2.08 bits per heavy atom. The topological polar surface area (TPSA) is 33.1 Å². The number of alkyl halides is 3. The van der Waals surface area contributed by atoms with Crippen LogP contribution in [0.1, 0.15) is 11.7 Å². The number of rotatable bonds is 1. The van der Waals surface area contributed by atoms with Gasteiger partial charge in [0.1, 0.15) is 0 Å². The molecule has 1 aromatic heterocycles. The minimum Gasteiger partial charge on any atom is -0.379 e. The standard InChI is InChI=1S/C7H6F3NO/c8-7(9,10)6(12)5-2-1-3-11-4-5/h1-4,6,12H/t6-/m0/s1. The normalized spacial score (nSPS) is 14.3. The third kappa shape index (κ3) is 1.94. The second kappa shape index (κ2) is 3.10. The Kier molecular flexibility index (Phi) is 2.32. The fraction of sp³-hybridized carbons (Fsp3) is 0.286. The number of nitrogens with zero attached hydrogens (tertiary/aromatic N) is 1. The molecular weight excluding hydrogens is 171 g/mol. The highest BCUT2D eigenvalue weighted by atomic mass is 19.4. The molecule has 0 spiro atoms. The molecule has 0 bridgehead atoms. The zero-order chi connectivity index (χ0) is 9.19. The first kappa shape index (κ1) is 8.99. The molecule has 2 nitrogen and oxygen atoms in total. The molecule has 66 valence electrons. The number of hydrogen-bond acceptors (Lipinski definition) is 2. The van der Waals surface area contributed by atoms with Crippen LogP contribution in [0, 0.1) is 0 Å². The zero-order valence-electron chi connectivity index (χ0n) is 5.92. The minimum atomic E-state index is -4.62. The molecule has 0 aliphatic heterocycles. The van der Waals surface area contributed by atoms with Crippen LogP contribution in [0.5, 0.6) is 0 Å². The predicted molar refractivity (Wildman–Crippen MR) is 35.3 cm³/mol. The lowest BCUT2D eigenvalue weighted by atomic mass is 10.1. The van der Waals surface area contributed by atoms with Crippen molar-refractivity contribution < 1.29 is 18.3 Å². The Bertz CT molecular complexity index is 247. The summed E-state index contributed by atoms with van der Waals surface area (Å²) in [5.41, 5.74) is -0.245. The highest BCUT2D eigenvalue weighted by Gasteiger charge is 2.39. The van der Waals surface area contributed by atoms with Crippen LogP contribution < -0.4 is 0 Å². The van der Waals surface area contributed by atoms with Crippen LogP contribution in [0.3, 0.4) is 0 Å². The summed E-state index contributed by atoms with van der Waals surface area (Å²) in [6, 6.07) is 2.51. The number of aliphatic hydroxyl groups is 1. The summed E-state index contributed by atoms with van der Waals surface area (Å²) in [4.78, 5) is 3.46. The second-order valence-corrected chi connectivity index (χ2v) is 2.23. The van der Waals surface area contributed by atoms with Crippen molar-refractivity contribution in [1.29, 1.82) is 0 Å². The quantitative estimate of drug-likeness (QED) is 0.707. The van der Waals surface area contributed by atoms with Gasteiger partial charge in [0.05, 0.1) is 0 Å². The second-order valence-electron chi connectivity index (χ2n) is 2.23. The van der Waals surface area contributed by atoms with Gasteiger partial charge in [-0.2, -0.15) is 13.2 Å². The molecule has 0 aliphatic carbocycles. The molecule has 1 atom stereocenters. The van der Waals surface area contributed by atoms with Gasteiger partial charge >= 0.3 is 6.18 Å². The first-order valence-electron chi connectivity index (χ1n) is 3.16. The van der Waals surface area contributed by atoms with Crippen molar-refractivity contribution in [2.75, 3.05) is 0 Å². The summed E-state index contributed by atoms with van der Waals surface area (Å²) in [7, 11) is 0. The van der Waals surface area contributed by atoms with Gasteiger partial charge in [0.25, 0.3) is 0 Å². The molecule has 5 heteroatoms. The third-order valence-corrected chi connectivity index (χ3v) is 1.31. The van der Waals surface area contributed by atoms with Crippen LogP contribution in [0.15, 0.2) is 24.5 Å². The SMILES string of the molecule is O[C@@H](c1cccnc1)C(F)(F)F. The Labute approximate surface area is 66.7 Å². The van der Waals surface area contributed by atoms with Gasteiger partial charge in [-0.25, -0.2) is 0 Å². The summed E-state index contributed by atoms with van der Waals surface area (Å²) in [5.74, 6) is 0. The molecule has 1 rings (SSSR count). The lowest BCUT2D eigenvalue weighted by molar-refractivity contribution is -0.206. The minimum absolute atomic E-state index is 0.245. The largest absolute Gasteiger partial charge is 0.418 e. The lowest BCUT2D eigenvalue weighted by Gasteiger charge is -2.13. The number of halogens is 3. The van der Waals surface area contributed by atoms with E-state index in [-0.39, 0.29) is 5.56 Å². The van der Waals surface area contributed by atoms with E-state index in [4.69, 9.17) is 5.11 Å². The maximum absolute atomic E-state index is 11.9. The van der Waals surface area contributed by atoms with Crippen molar-refractivity contribution in [3.63, 3.8) is 0 Å². The van der Waals surface area contributed by atoms with Crippen LogP contribution in [0.4, 0.5) is 13.2 Å². The van der Waals surface area contributed by atoms with Gasteiger partial charge in [0.15, 0.2) is 6.10 Å². The molecule has 0 saturated carbocycles. The number of hydrogen-bond donors (Lipinski definition) is 1. The van der Waals surface area contributed by atoms with E-state index in [9.17, 15) is 13.2 Å². The fourth-order valence-corrected chi connectivity index (χ4v) is 0.727. The molecule has 1 heterocycles. The summed E-state index contributed by atoms with van der Waals surface area (Å²) >= 11 is 0. The number of aliphatic hydroxyl groups excluding tert-OH is 1. The van der Waals surface area contributed by atoms with E-state index >= 15 is 0 Å². The maximum Gasteiger partial charge on any atom is 0.418 e. The summed E-state index contributed by atoms with van der Waals surface area (Å²) in [6.45, 7) is 0. The van der Waals surface area contributed by atoms with Crippen molar-refractivity contribution >= 4 is 0 Å². The average Bonchev–Trinajstić information content (AvgIpc) is 2.03. The van der Waals surface area contributed by atoms with Gasteiger partial charge in [-0.3, -0.25) is 4.98 Å². The van der Waals surface area contributed by atoms with Crippen LogP contribution in [0.25, 0.3) is 0 Å². The molecule has 0 aliphatic rings. The van der Waals surface area contributed by atoms with E-state index in [0.717, 1.165) is 6.20 Å². The zero-order valence-corrected chi connectivity index (χ0v) is 5.92. The van der Waals surface area contributed by atoms with Crippen molar-refractivity contribution in [3.05, 3.63) is 30.1 Å². The van der Waals surface area contributed by atoms with Gasteiger partial charge in [0, 0.05) is 18.0 Å². The molecule has 1 aromatic rings. The van der Waals surface area contributed by atoms with Crippen LogP contribution in [-0.4, -0.2) is 16.3 Å². The smallest absolute Gasteiger partial charge is 0.379 e. The molecule has 1 N–H and O–H groups in total. The highest BCUT2D eigenvalue weighted by molar-refractivity contribution is 5.13. The van der Waals surface area contributed by atoms with Gasteiger partial charge in [-0.05, 0) is 6.07 Å². The van der Waals surface area contributed by atoms with E-state index < -0.39 is 12.3 Å². The predicted octanol–water partition coefficient (Wildman–Crippen LogP) is 1.68. The molecule has 12 heavy (non-hydrogen) atoms. The van der Waals surface area contributed by atoms with E-state index in [2.05, 4.69) is 4.98 Å². The van der Waals surface area contributed by atoms with Gasteiger partial charge in [-0.1, -0.05) is 6.07 Å². The Balaban J connectivity index is 2.86. The van der Waals surface area contributed by atoms with Gasteiger partial charge in [-0.15, -0.1) is 0 Å². The van der Waals surface area contributed by atoms with Crippen LogP contribution in [0.2, 0.25) is 0 Å². The van der Waals surface area contributed by atoms with E-state index in [0.29, 0.717) is 0 Å². The van der Waals surface area contributed by atoms with Crippen LogP contribution >= 0.6 is 0 Å². The molecule has 0 saturated heterocycles. The van der Waals surface area contributed by atoms with Crippen molar-refractivity contribution in [2.45, 2.75) is 12.3 Å². The maximum atomic E-state index is 11.9. The highest BCUT2D eigenvalue weighted by Crippen LogP contribution is 2.31. The fourth-order valence-electron chi connectivity index (χ4n) is 0.727. The molecule has 0 radical (unpaired) electrons.